The average Bonchev–Trinajstić information content (AvgIpc) is 3.30. The first-order valence-corrected chi connectivity index (χ1v) is 9.86. The summed E-state index contributed by atoms with van der Waals surface area (Å²) < 4.78 is 8.04. The van der Waals surface area contributed by atoms with Gasteiger partial charge in [-0.1, -0.05) is 40.2 Å². The number of benzene rings is 1. The summed E-state index contributed by atoms with van der Waals surface area (Å²) in [4.78, 5) is 17.4. The van der Waals surface area contributed by atoms with Crippen LogP contribution in [0.2, 0.25) is 5.02 Å². The molecule has 0 saturated heterocycles. The van der Waals surface area contributed by atoms with Crippen LogP contribution in [0.25, 0.3) is 10.2 Å². The number of aryl methyl sites for hydroxylation is 3. The van der Waals surface area contributed by atoms with Gasteiger partial charge in [-0.05, 0) is 39.3 Å². The van der Waals surface area contributed by atoms with Crippen LogP contribution in [0.4, 0.5) is 5.13 Å². The third-order valence-electron chi connectivity index (χ3n) is 4.64. The zero-order valence-corrected chi connectivity index (χ0v) is 17.4. The number of thiazole rings is 1. The SMILES string of the molecule is Cc1nn(Cc2c(C(=O)Nc3nc4c(C)cccc4s3)noc2C)c(C)c1Cl. The first-order valence-electron chi connectivity index (χ1n) is 8.67. The number of carbonyl (C=O) groups excluding carboxylic acids is 1. The minimum Gasteiger partial charge on any atom is -0.361 e. The quantitative estimate of drug-likeness (QED) is 0.523. The molecule has 0 spiro atoms. The Kier molecular flexibility index (Phi) is 4.68. The highest BCUT2D eigenvalue weighted by Crippen LogP contribution is 2.29. The van der Waals surface area contributed by atoms with Gasteiger partial charge in [0.05, 0.1) is 33.2 Å². The van der Waals surface area contributed by atoms with Gasteiger partial charge in [-0.25, -0.2) is 4.98 Å². The summed E-state index contributed by atoms with van der Waals surface area (Å²) in [5.41, 5.74) is 4.40. The van der Waals surface area contributed by atoms with Crippen LogP contribution in [0, 0.1) is 27.7 Å². The third-order valence-corrected chi connectivity index (χ3v) is 6.13. The van der Waals surface area contributed by atoms with E-state index in [1.807, 2.05) is 39.0 Å². The maximum atomic E-state index is 12.8. The molecule has 0 atom stereocenters. The van der Waals surface area contributed by atoms with E-state index < -0.39 is 0 Å². The molecule has 0 radical (unpaired) electrons. The number of para-hydroxylation sites is 1. The van der Waals surface area contributed by atoms with Gasteiger partial charge in [0, 0.05) is 5.56 Å². The minimum absolute atomic E-state index is 0.220. The monoisotopic (exact) mass is 415 g/mol. The fraction of sp³-hybridized carbons (Fsp3) is 0.263. The number of nitrogens with zero attached hydrogens (tertiary/aromatic N) is 4. The third kappa shape index (κ3) is 3.18. The molecule has 3 aromatic heterocycles. The molecule has 0 fully saturated rings. The van der Waals surface area contributed by atoms with Gasteiger partial charge >= 0.3 is 0 Å². The average molecular weight is 416 g/mol. The van der Waals surface area contributed by atoms with Crippen LogP contribution in [0.5, 0.6) is 0 Å². The Hall–Kier alpha value is -2.71. The smallest absolute Gasteiger partial charge is 0.279 e. The van der Waals surface area contributed by atoms with Crippen LogP contribution >= 0.6 is 22.9 Å². The molecule has 1 N–H and O–H groups in total. The second kappa shape index (κ2) is 7.03. The topological polar surface area (TPSA) is 85.8 Å². The molecular formula is C19H18ClN5O2S. The number of anilines is 1. The summed E-state index contributed by atoms with van der Waals surface area (Å²) in [5, 5.41) is 12.4. The van der Waals surface area contributed by atoms with Crippen molar-refractivity contribution in [3.8, 4) is 0 Å². The predicted molar refractivity (Wildman–Crippen MR) is 109 cm³/mol. The van der Waals surface area contributed by atoms with E-state index >= 15 is 0 Å². The van der Waals surface area contributed by atoms with Crippen LogP contribution < -0.4 is 5.32 Å². The standard InChI is InChI=1S/C19H18ClN5O2S/c1-9-6-5-7-14-16(9)21-19(28-14)22-18(26)17-13(12(4)27-24-17)8-25-11(3)15(20)10(2)23-25/h5-7H,8H2,1-4H3,(H,21,22,26). The van der Waals surface area contributed by atoms with E-state index in [4.69, 9.17) is 16.1 Å². The number of hydrogen-bond donors (Lipinski definition) is 1. The van der Waals surface area contributed by atoms with Crippen molar-refractivity contribution in [3.63, 3.8) is 0 Å². The van der Waals surface area contributed by atoms with Gasteiger partial charge in [0.25, 0.3) is 5.91 Å². The Morgan fingerprint density at radius 3 is 2.75 bits per heavy atom. The van der Waals surface area contributed by atoms with Crippen LogP contribution in [0.3, 0.4) is 0 Å². The van der Waals surface area contributed by atoms with Crippen LogP contribution in [-0.4, -0.2) is 25.8 Å². The number of aromatic nitrogens is 4. The van der Waals surface area contributed by atoms with Crippen molar-refractivity contribution < 1.29 is 9.32 Å². The number of nitrogens with one attached hydrogen (secondary N) is 1. The lowest BCUT2D eigenvalue weighted by molar-refractivity contribution is 0.101. The molecule has 144 valence electrons. The van der Waals surface area contributed by atoms with Crippen molar-refractivity contribution in [2.24, 2.45) is 0 Å². The van der Waals surface area contributed by atoms with E-state index in [0.29, 0.717) is 28.0 Å². The number of carbonyl (C=O) groups is 1. The van der Waals surface area contributed by atoms with Crippen LogP contribution in [0.1, 0.15) is 38.8 Å². The molecule has 4 aromatic rings. The van der Waals surface area contributed by atoms with Crippen molar-refractivity contribution in [1.82, 2.24) is 19.9 Å². The van der Waals surface area contributed by atoms with Gasteiger partial charge in [0.2, 0.25) is 0 Å². The zero-order valence-electron chi connectivity index (χ0n) is 15.8. The normalized spacial score (nSPS) is 11.3. The van der Waals surface area contributed by atoms with E-state index in [1.54, 1.807) is 11.6 Å². The molecule has 28 heavy (non-hydrogen) atoms. The Bertz CT molecular complexity index is 1210. The number of fused-ring (bicyclic) bond motifs is 1. The molecule has 0 bridgehead atoms. The highest BCUT2D eigenvalue weighted by atomic mass is 35.5. The molecule has 0 aliphatic heterocycles. The molecule has 0 unspecified atom stereocenters. The summed E-state index contributed by atoms with van der Waals surface area (Å²) in [7, 11) is 0. The lowest BCUT2D eigenvalue weighted by atomic mass is 10.2. The van der Waals surface area contributed by atoms with E-state index in [2.05, 4.69) is 20.6 Å². The Labute approximate surface area is 170 Å². The van der Waals surface area contributed by atoms with E-state index in [-0.39, 0.29) is 11.6 Å². The summed E-state index contributed by atoms with van der Waals surface area (Å²) >= 11 is 7.65. The largest absolute Gasteiger partial charge is 0.361 e. The molecule has 0 aliphatic carbocycles. The highest BCUT2D eigenvalue weighted by Gasteiger charge is 2.23. The van der Waals surface area contributed by atoms with Gasteiger partial charge in [0.15, 0.2) is 10.8 Å². The number of hydrogen-bond acceptors (Lipinski definition) is 6. The van der Waals surface area contributed by atoms with Gasteiger partial charge in [-0.3, -0.25) is 14.8 Å². The molecule has 7 nitrogen and oxygen atoms in total. The molecule has 3 heterocycles. The van der Waals surface area contributed by atoms with E-state index in [0.717, 1.165) is 27.2 Å². The maximum Gasteiger partial charge on any atom is 0.279 e. The molecule has 0 saturated carbocycles. The second-order valence-corrected chi connectivity index (χ2v) is 8.01. The first-order chi connectivity index (χ1) is 13.3. The lowest BCUT2D eigenvalue weighted by Gasteiger charge is -2.05. The van der Waals surface area contributed by atoms with E-state index in [1.165, 1.54) is 11.3 Å². The predicted octanol–water partition coefficient (Wildman–Crippen LogP) is 4.67. The summed E-state index contributed by atoms with van der Waals surface area (Å²) in [6.45, 7) is 7.83. The van der Waals surface area contributed by atoms with Gasteiger partial charge in [-0.15, -0.1) is 0 Å². The summed E-state index contributed by atoms with van der Waals surface area (Å²) in [5.74, 6) is 0.199. The molecule has 9 heteroatoms. The Morgan fingerprint density at radius 1 is 1.29 bits per heavy atom. The van der Waals surface area contributed by atoms with Crippen molar-refractivity contribution in [3.05, 3.63) is 57.2 Å². The number of rotatable bonds is 4. The van der Waals surface area contributed by atoms with Crippen molar-refractivity contribution in [2.75, 3.05) is 5.32 Å². The van der Waals surface area contributed by atoms with Gasteiger partial charge < -0.3 is 4.52 Å². The van der Waals surface area contributed by atoms with Crippen molar-refractivity contribution in [1.29, 1.82) is 0 Å². The molecule has 1 aromatic carbocycles. The highest BCUT2D eigenvalue weighted by molar-refractivity contribution is 7.22. The fourth-order valence-corrected chi connectivity index (χ4v) is 4.10. The minimum atomic E-state index is -0.365. The molecule has 4 rings (SSSR count). The lowest BCUT2D eigenvalue weighted by Crippen LogP contribution is -2.16. The van der Waals surface area contributed by atoms with Crippen LogP contribution in [0.15, 0.2) is 22.7 Å². The van der Waals surface area contributed by atoms with Crippen LogP contribution in [-0.2, 0) is 6.54 Å². The first kappa shape index (κ1) is 18.6. The van der Waals surface area contributed by atoms with Crippen molar-refractivity contribution in [2.45, 2.75) is 34.2 Å². The Balaban J connectivity index is 1.63. The molecule has 1 amide bonds. The van der Waals surface area contributed by atoms with E-state index in [9.17, 15) is 4.79 Å². The Morgan fingerprint density at radius 2 is 2.07 bits per heavy atom. The molecule has 0 aliphatic rings. The zero-order chi connectivity index (χ0) is 20.0. The number of amides is 1. The second-order valence-electron chi connectivity index (χ2n) is 6.60. The number of halogens is 1. The molecular weight excluding hydrogens is 398 g/mol. The fourth-order valence-electron chi connectivity index (χ4n) is 3.03. The van der Waals surface area contributed by atoms with Gasteiger partial charge in [-0.2, -0.15) is 5.10 Å². The summed E-state index contributed by atoms with van der Waals surface area (Å²) in [6, 6.07) is 5.94. The summed E-state index contributed by atoms with van der Waals surface area (Å²) in [6.07, 6.45) is 0. The van der Waals surface area contributed by atoms with Crippen molar-refractivity contribution >= 4 is 44.2 Å². The van der Waals surface area contributed by atoms with Gasteiger partial charge in [0.1, 0.15) is 5.76 Å². The maximum absolute atomic E-state index is 12.8.